The summed E-state index contributed by atoms with van der Waals surface area (Å²) in [7, 11) is -4.12. The minimum atomic E-state index is -4.12. The Hall–Kier alpha value is -3.10. The molecule has 3 aromatic carbocycles. The van der Waals surface area contributed by atoms with Gasteiger partial charge in [-0.15, -0.1) is 0 Å². The summed E-state index contributed by atoms with van der Waals surface area (Å²) in [6.45, 7) is 0.849. The lowest BCUT2D eigenvalue weighted by atomic mass is 10.2. The molecule has 30 heavy (non-hydrogen) atoms. The van der Waals surface area contributed by atoms with Crippen LogP contribution in [-0.2, 0) is 21.4 Å². The Balaban J connectivity index is 1.91. The quantitative estimate of drug-likeness (QED) is 0.614. The van der Waals surface area contributed by atoms with Crippen LogP contribution in [0.25, 0.3) is 0 Å². The first-order valence-corrected chi connectivity index (χ1v) is 10.6. The van der Waals surface area contributed by atoms with Gasteiger partial charge in [0, 0.05) is 12.1 Å². The molecule has 0 saturated carbocycles. The first-order valence-electron chi connectivity index (χ1n) is 9.12. The summed E-state index contributed by atoms with van der Waals surface area (Å²) in [6.07, 6.45) is 0. The van der Waals surface area contributed by atoms with Crippen LogP contribution in [0.15, 0.2) is 77.7 Å². The van der Waals surface area contributed by atoms with Crippen LogP contribution in [0.2, 0.25) is 0 Å². The highest BCUT2D eigenvalue weighted by atomic mass is 32.2. The first kappa shape index (κ1) is 21.6. The summed E-state index contributed by atoms with van der Waals surface area (Å²) in [4.78, 5) is 12.5. The highest BCUT2D eigenvalue weighted by Gasteiger charge is 2.28. The van der Waals surface area contributed by atoms with Gasteiger partial charge >= 0.3 is 0 Å². The lowest BCUT2D eigenvalue weighted by Gasteiger charge is -2.22. The fourth-order valence-corrected chi connectivity index (χ4v) is 4.19. The van der Waals surface area contributed by atoms with Crippen molar-refractivity contribution in [2.45, 2.75) is 18.4 Å². The number of halogens is 2. The third-order valence-electron chi connectivity index (χ3n) is 4.43. The molecule has 1 N–H and O–H groups in total. The number of nitrogens with one attached hydrogen (secondary N) is 1. The molecule has 8 heteroatoms. The molecule has 3 aromatic rings. The van der Waals surface area contributed by atoms with E-state index in [4.69, 9.17) is 0 Å². The number of nitrogens with zero attached hydrogens (tertiary/aromatic N) is 1. The minimum Gasteiger partial charge on any atom is -0.322 e. The zero-order valence-corrected chi connectivity index (χ0v) is 17.0. The number of hydrogen-bond donors (Lipinski definition) is 1. The number of hydrogen-bond acceptors (Lipinski definition) is 3. The van der Waals surface area contributed by atoms with E-state index in [0.717, 1.165) is 9.87 Å². The Morgan fingerprint density at radius 2 is 1.50 bits per heavy atom. The van der Waals surface area contributed by atoms with E-state index >= 15 is 0 Å². The molecule has 0 unspecified atom stereocenters. The minimum absolute atomic E-state index is 0.0249. The van der Waals surface area contributed by atoms with Gasteiger partial charge in [0.05, 0.1) is 17.1 Å². The van der Waals surface area contributed by atoms with Crippen molar-refractivity contribution in [3.8, 4) is 0 Å². The van der Waals surface area contributed by atoms with Crippen LogP contribution in [0.1, 0.15) is 11.1 Å². The third-order valence-corrected chi connectivity index (χ3v) is 6.24. The van der Waals surface area contributed by atoms with E-state index in [1.54, 1.807) is 24.3 Å². The molecule has 0 aliphatic rings. The fourth-order valence-electron chi connectivity index (χ4n) is 2.81. The van der Waals surface area contributed by atoms with Gasteiger partial charge in [0.2, 0.25) is 15.9 Å². The highest BCUT2D eigenvalue weighted by molar-refractivity contribution is 7.89. The number of carbonyl (C=O) groups excluding carboxylic acids is 1. The molecule has 0 bridgehead atoms. The van der Waals surface area contributed by atoms with Crippen molar-refractivity contribution >= 4 is 21.6 Å². The molecule has 0 radical (unpaired) electrons. The summed E-state index contributed by atoms with van der Waals surface area (Å²) < 4.78 is 55.2. The molecule has 0 heterocycles. The predicted octanol–water partition coefficient (Wildman–Crippen LogP) is 4.10. The Labute approximate surface area is 174 Å². The SMILES string of the molecule is Cc1ccc(S(=O)(=O)N(CC(=O)Nc2ccccc2F)Cc2ccccc2F)cc1. The van der Waals surface area contributed by atoms with E-state index < -0.39 is 34.1 Å². The van der Waals surface area contributed by atoms with Gasteiger partial charge in [-0.1, -0.05) is 48.0 Å². The molecule has 0 aromatic heterocycles. The second-order valence-electron chi connectivity index (χ2n) is 6.71. The first-order chi connectivity index (χ1) is 14.3. The van der Waals surface area contributed by atoms with Gasteiger partial charge in [-0.3, -0.25) is 4.79 Å². The van der Waals surface area contributed by atoms with Crippen LogP contribution in [0.4, 0.5) is 14.5 Å². The van der Waals surface area contributed by atoms with Crippen molar-refractivity contribution < 1.29 is 22.0 Å². The van der Waals surface area contributed by atoms with Gasteiger partial charge in [0.25, 0.3) is 0 Å². The molecule has 0 fully saturated rings. The van der Waals surface area contributed by atoms with Crippen molar-refractivity contribution in [3.63, 3.8) is 0 Å². The molecule has 5 nitrogen and oxygen atoms in total. The van der Waals surface area contributed by atoms with Gasteiger partial charge in [-0.05, 0) is 37.3 Å². The number of sulfonamides is 1. The van der Waals surface area contributed by atoms with Gasteiger partial charge in [-0.25, -0.2) is 17.2 Å². The number of anilines is 1. The Bertz CT molecular complexity index is 1150. The molecule has 0 spiro atoms. The van der Waals surface area contributed by atoms with E-state index in [-0.39, 0.29) is 22.7 Å². The predicted molar refractivity (Wildman–Crippen MR) is 110 cm³/mol. The van der Waals surface area contributed by atoms with Gasteiger partial charge < -0.3 is 5.32 Å². The van der Waals surface area contributed by atoms with Gasteiger partial charge in [0.15, 0.2) is 0 Å². The van der Waals surface area contributed by atoms with Gasteiger partial charge in [0.1, 0.15) is 11.6 Å². The lowest BCUT2D eigenvalue weighted by molar-refractivity contribution is -0.116. The number of benzene rings is 3. The van der Waals surface area contributed by atoms with Crippen LogP contribution < -0.4 is 5.32 Å². The van der Waals surface area contributed by atoms with Crippen LogP contribution in [-0.4, -0.2) is 25.2 Å². The molecular formula is C22H20F2N2O3S. The smallest absolute Gasteiger partial charge is 0.243 e. The summed E-state index contributed by atoms with van der Waals surface area (Å²) >= 11 is 0. The lowest BCUT2D eigenvalue weighted by Crippen LogP contribution is -2.38. The van der Waals surface area contributed by atoms with Crippen LogP contribution in [0.3, 0.4) is 0 Å². The second kappa shape index (κ2) is 9.15. The van der Waals surface area contributed by atoms with Crippen LogP contribution in [0.5, 0.6) is 0 Å². The maximum atomic E-state index is 14.2. The molecule has 3 rings (SSSR count). The largest absolute Gasteiger partial charge is 0.322 e. The highest BCUT2D eigenvalue weighted by Crippen LogP contribution is 2.21. The zero-order valence-electron chi connectivity index (χ0n) is 16.2. The van der Waals surface area contributed by atoms with Crippen molar-refractivity contribution in [1.82, 2.24) is 4.31 Å². The standard InChI is InChI=1S/C22H20F2N2O3S/c1-16-10-12-18(13-11-16)30(28,29)26(14-17-6-2-3-7-19(17)23)15-22(27)25-21-9-5-4-8-20(21)24/h2-13H,14-15H2,1H3,(H,25,27). The van der Waals surface area contributed by atoms with Crippen molar-refractivity contribution in [2.75, 3.05) is 11.9 Å². The molecule has 1 amide bonds. The average molecular weight is 430 g/mol. The summed E-state index contributed by atoms with van der Waals surface area (Å²) in [6, 6.07) is 17.4. The number of aryl methyl sites for hydroxylation is 1. The monoisotopic (exact) mass is 430 g/mol. The normalized spacial score (nSPS) is 11.5. The number of carbonyl (C=O) groups is 1. The molecule has 0 saturated heterocycles. The Morgan fingerprint density at radius 3 is 2.13 bits per heavy atom. The van der Waals surface area contributed by atoms with Crippen molar-refractivity contribution in [2.24, 2.45) is 0 Å². The molecular weight excluding hydrogens is 410 g/mol. The molecule has 0 aliphatic heterocycles. The number of amides is 1. The Morgan fingerprint density at radius 1 is 0.900 bits per heavy atom. The number of rotatable bonds is 7. The Kier molecular flexibility index (Phi) is 6.59. The van der Waals surface area contributed by atoms with E-state index in [0.29, 0.717) is 0 Å². The van der Waals surface area contributed by atoms with Gasteiger partial charge in [-0.2, -0.15) is 4.31 Å². The fraction of sp³-hybridized carbons (Fsp3) is 0.136. The van der Waals surface area contributed by atoms with Crippen molar-refractivity contribution in [1.29, 1.82) is 0 Å². The second-order valence-corrected chi connectivity index (χ2v) is 8.64. The third kappa shape index (κ3) is 5.08. The van der Waals surface area contributed by atoms with E-state index in [2.05, 4.69) is 5.32 Å². The number of para-hydroxylation sites is 1. The maximum absolute atomic E-state index is 14.2. The van der Waals surface area contributed by atoms with E-state index in [1.165, 1.54) is 48.5 Å². The average Bonchev–Trinajstić information content (AvgIpc) is 2.71. The summed E-state index contributed by atoms with van der Waals surface area (Å²) in [5.74, 6) is -1.98. The molecule has 156 valence electrons. The topological polar surface area (TPSA) is 66.5 Å². The van der Waals surface area contributed by atoms with E-state index in [9.17, 15) is 22.0 Å². The van der Waals surface area contributed by atoms with Crippen molar-refractivity contribution in [3.05, 3.63) is 95.6 Å². The summed E-state index contributed by atoms with van der Waals surface area (Å²) in [5, 5.41) is 2.36. The van der Waals surface area contributed by atoms with E-state index in [1.807, 2.05) is 6.92 Å². The van der Waals surface area contributed by atoms with Crippen LogP contribution >= 0.6 is 0 Å². The van der Waals surface area contributed by atoms with Crippen LogP contribution in [0, 0.1) is 18.6 Å². The molecule has 0 atom stereocenters. The summed E-state index contributed by atoms with van der Waals surface area (Å²) in [5.41, 5.74) is 0.917. The molecule has 0 aliphatic carbocycles. The maximum Gasteiger partial charge on any atom is 0.243 e. The zero-order chi connectivity index (χ0) is 21.7.